The molecular weight excluding hydrogens is 426 g/mol. The van der Waals surface area contributed by atoms with Crippen LogP contribution < -0.4 is 4.72 Å². The molecule has 0 saturated carbocycles. The van der Waals surface area contributed by atoms with Crippen molar-refractivity contribution in [1.82, 2.24) is 14.5 Å². The van der Waals surface area contributed by atoms with Crippen LogP contribution in [-0.2, 0) is 30.2 Å². The lowest BCUT2D eigenvalue weighted by atomic mass is 10.1. The molecule has 2 aliphatic heterocycles. The van der Waals surface area contributed by atoms with Crippen molar-refractivity contribution in [3.05, 3.63) is 35.9 Å². The molecule has 1 unspecified atom stereocenters. The number of carboxylic acids is 1. The van der Waals surface area contributed by atoms with Crippen LogP contribution in [0.25, 0.3) is 0 Å². The van der Waals surface area contributed by atoms with E-state index in [2.05, 4.69) is 4.72 Å². The highest BCUT2D eigenvalue weighted by Gasteiger charge is 2.40. The summed E-state index contributed by atoms with van der Waals surface area (Å²) in [6, 6.07) is 5.94. The van der Waals surface area contributed by atoms with Crippen LogP contribution in [0.4, 0.5) is 0 Å². The van der Waals surface area contributed by atoms with Crippen LogP contribution in [0.5, 0.6) is 0 Å². The number of aliphatic carboxylic acids is 1. The van der Waals surface area contributed by atoms with Crippen LogP contribution in [0.1, 0.15) is 31.2 Å². The van der Waals surface area contributed by atoms with E-state index in [1.807, 2.05) is 0 Å². The molecule has 3 N–H and O–H groups in total. The Morgan fingerprint density at radius 1 is 1.13 bits per heavy atom. The molecule has 0 spiro atoms. The van der Waals surface area contributed by atoms with Gasteiger partial charge in [-0.05, 0) is 24.8 Å². The van der Waals surface area contributed by atoms with Crippen molar-refractivity contribution in [2.24, 2.45) is 0 Å². The van der Waals surface area contributed by atoms with Gasteiger partial charge in [0.2, 0.25) is 21.8 Å². The summed E-state index contributed by atoms with van der Waals surface area (Å²) >= 11 is 0. The second-order valence-electron chi connectivity index (χ2n) is 7.93. The van der Waals surface area contributed by atoms with E-state index >= 15 is 0 Å². The SMILES string of the molecule is O=C(O)[C@@H]1CCCN1C(=O)C(CC(=O)N1CC[C@H](O)C1)NS(=O)(=O)Cc1ccccc1. The number of rotatable bonds is 8. The molecule has 2 fully saturated rings. The van der Waals surface area contributed by atoms with Crippen LogP contribution in [0.15, 0.2) is 30.3 Å². The molecule has 2 heterocycles. The van der Waals surface area contributed by atoms with Crippen LogP contribution in [0.3, 0.4) is 0 Å². The Morgan fingerprint density at radius 3 is 2.45 bits per heavy atom. The topological polar surface area (TPSA) is 144 Å². The molecule has 10 nitrogen and oxygen atoms in total. The fourth-order valence-electron chi connectivity index (χ4n) is 3.99. The third kappa shape index (κ3) is 6.02. The fraction of sp³-hybridized carbons (Fsp3) is 0.550. The molecule has 2 saturated heterocycles. The molecule has 31 heavy (non-hydrogen) atoms. The number of nitrogens with zero attached hydrogens (tertiary/aromatic N) is 2. The molecule has 0 radical (unpaired) electrons. The lowest BCUT2D eigenvalue weighted by molar-refractivity contribution is -0.149. The van der Waals surface area contributed by atoms with Gasteiger partial charge in [0.1, 0.15) is 12.1 Å². The van der Waals surface area contributed by atoms with Crippen LogP contribution in [0.2, 0.25) is 0 Å². The normalized spacial score (nSPS) is 22.5. The quantitative estimate of drug-likeness (QED) is 0.483. The van der Waals surface area contributed by atoms with Gasteiger partial charge in [0.25, 0.3) is 0 Å². The average Bonchev–Trinajstić information content (AvgIpc) is 3.36. The summed E-state index contributed by atoms with van der Waals surface area (Å²) in [6.45, 7) is 0.625. The Bertz CT molecular complexity index is 922. The number of hydrogen-bond donors (Lipinski definition) is 3. The maximum Gasteiger partial charge on any atom is 0.326 e. The van der Waals surface area contributed by atoms with E-state index in [9.17, 15) is 33.0 Å². The van der Waals surface area contributed by atoms with Gasteiger partial charge in [-0.15, -0.1) is 0 Å². The minimum absolute atomic E-state index is 0.123. The number of carbonyl (C=O) groups is 3. The first-order chi connectivity index (χ1) is 14.7. The number of sulfonamides is 1. The zero-order valence-electron chi connectivity index (χ0n) is 17.0. The minimum Gasteiger partial charge on any atom is -0.480 e. The third-order valence-electron chi connectivity index (χ3n) is 5.54. The Labute approximate surface area is 180 Å². The van der Waals surface area contributed by atoms with Crippen LogP contribution >= 0.6 is 0 Å². The van der Waals surface area contributed by atoms with Gasteiger partial charge >= 0.3 is 5.97 Å². The summed E-state index contributed by atoms with van der Waals surface area (Å²) in [7, 11) is -3.99. The molecule has 3 rings (SSSR count). The number of likely N-dealkylation sites (tertiary alicyclic amines) is 2. The summed E-state index contributed by atoms with van der Waals surface area (Å²) in [5.74, 6) is -2.74. The highest BCUT2D eigenvalue weighted by molar-refractivity contribution is 7.88. The van der Waals surface area contributed by atoms with Crippen molar-refractivity contribution in [2.45, 2.75) is 49.6 Å². The smallest absolute Gasteiger partial charge is 0.326 e. The molecule has 1 aromatic rings. The van der Waals surface area contributed by atoms with Crippen molar-refractivity contribution in [1.29, 1.82) is 0 Å². The number of aliphatic hydroxyl groups excluding tert-OH is 1. The van der Waals surface area contributed by atoms with Crippen LogP contribution in [-0.4, -0.2) is 84.0 Å². The predicted octanol–water partition coefficient (Wildman–Crippen LogP) is -0.466. The van der Waals surface area contributed by atoms with E-state index in [4.69, 9.17) is 0 Å². The summed E-state index contributed by atoms with van der Waals surface area (Å²) in [4.78, 5) is 39.8. The number of aliphatic hydroxyl groups is 1. The molecule has 170 valence electrons. The van der Waals surface area contributed by atoms with Crippen molar-refractivity contribution >= 4 is 27.8 Å². The average molecular weight is 454 g/mol. The number of β-amino-alcohol motifs (C(OH)–C–C–N with tert-alkyl or cyclic N) is 1. The first kappa shape index (κ1) is 23.2. The molecule has 2 aliphatic rings. The van der Waals surface area contributed by atoms with Crippen molar-refractivity contribution in [3.63, 3.8) is 0 Å². The highest BCUT2D eigenvalue weighted by atomic mass is 32.2. The molecule has 3 atom stereocenters. The van der Waals surface area contributed by atoms with Crippen molar-refractivity contribution in [3.8, 4) is 0 Å². The number of carboxylic acid groups (broad SMARTS) is 1. The monoisotopic (exact) mass is 453 g/mol. The van der Waals surface area contributed by atoms with E-state index < -0.39 is 52.4 Å². The van der Waals surface area contributed by atoms with Crippen molar-refractivity contribution in [2.75, 3.05) is 19.6 Å². The van der Waals surface area contributed by atoms with E-state index in [1.165, 1.54) is 4.90 Å². The Balaban J connectivity index is 1.78. The van der Waals surface area contributed by atoms with Gasteiger partial charge in [0, 0.05) is 19.6 Å². The molecule has 11 heteroatoms. The Morgan fingerprint density at radius 2 is 1.84 bits per heavy atom. The van der Waals surface area contributed by atoms with Gasteiger partial charge in [-0.2, -0.15) is 0 Å². The van der Waals surface area contributed by atoms with Gasteiger partial charge in [0.15, 0.2) is 0 Å². The number of amides is 2. The number of carbonyl (C=O) groups excluding carboxylic acids is 2. The first-order valence-electron chi connectivity index (χ1n) is 10.2. The molecule has 1 aromatic carbocycles. The molecule has 0 aromatic heterocycles. The van der Waals surface area contributed by atoms with E-state index in [-0.39, 0.29) is 25.3 Å². The van der Waals surface area contributed by atoms with Gasteiger partial charge in [-0.25, -0.2) is 17.9 Å². The van der Waals surface area contributed by atoms with Gasteiger partial charge in [-0.3, -0.25) is 9.59 Å². The van der Waals surface area contributed by atoms with E-state index in [1.54, 1.807) is 30.3 Å². The number of nitrogens with one attached hydrogen (secondary N) is 1. The second-order valence-corrected chi connectivity index (χ2v) is 9.68. The Kier molecular flexibility index (Phi) is 7.29. The summed E-state index contributed by atoms with van der Waals surface area (Å²) in [6.07, 6.45) is 0.0810. The lowest BCUT2D eigenvalue weighted by Gasteiger charge is -2.28. The minimum atomic E-state index is -3.99. The molecule has 0 bridgehead atoms. The van der Waals surface area contributed by atoms with Gasteiger partial charge < -0.3 is 20.0 Å². The Hall–Kier alpha value is -2.50. The van der Waals surface area contributed by atoms with E-state index in [0.29, 0.717) is 24.9 Å². The third-order valence-corrected chi connectivity index (χ3v) is 6.89. The van der Waals surface area contributed by atoms with Gasteiger partial charge in [0.05, 0.1) is 18.3 Å². The summed E-state index contributed by atoms with van der Waals surface area (Å²) < 4.78 is 27.8. The lowest BCUT2D eigenvalue weighted by Crippen LogP contribution is -2.53. The highest BCUT2D eigenvalue weighted by Crippen LogP contribution is 2.21. The molecule has 2 amide bonds. The summed E-state index contributed by atoms with van der Waals surface area (Å²) in [5, 5.41) is 19.1. The zero-order valence-corrected chi connectivity index (χ0v) is 17.8. The zero-order chi connectivity index (χ0) is 22.6. The van der Waals surface area contributed by atoms with Crippen molar-refractivity contribution < 1.29 is 33.0 Å². The molecule has 0 aliphatic carbocycles. The van der Waals surface area contributed by atoms with Crippen LogP contribution in [0, 0.1) is 0 Å². The summed E-state index contributed by atoms with van der Waals surface area (Å²) in [5.41, 5.74) is 0.514. The number of benzene rings is 1. The van der Waals surface area contributed by atoms with Gasteiger partial charge in [-0.1, -0.05) is 30.3 Å². The second kappa shape index (κ2) is 9.75. The maximum absolute atomic E-state index is 13.1. The molecular formula is C20H27N3O7S. The standard InChI is InChI=1S/C20H27N3O7S/c24-15-8-10-22(12-15)18(25)11-16(19(26)23-9-4-7-17(23)20(27)28)21-31(29,30)13-14-5-2-1-3-6-14/h1-3,5-6,15-17,21,24H,4,7-13H2,(H,27,28)/t15-,16?,17-/m0/s1. The number of hydrogen-bond acceptors (Lipinski definition) is 6. The maximum atomic E-state index is 13.1. The van der Waals surface area contributed by atoms with E-state index in [0.717, 1.165) is 4.90 Å². The largest absolute Gasteiger partial charge is 0.480 e. The first-order valence-corrected chi connectivity index (χ1v) is 11.8. The predicted molar refractivity (Wildman–Crippen MR) is 110 cm³/mol. The fourth-order valence-corrected chi connectivity index (χ4v) is 5.32.